The Morgan fingerprint density at radius 2 is 1.54 bits per heavy atom. The maximum atomic E-state index is 12.6. The normalized spacial score (nSPS) is 12.0. The number of carbonyl (C=O) groups excluding carboxylic acids is 1. The van der Waals surface area contributed by atoms with Crippen LogP contribution >= 0.6 is 0 Å². The second kappa shape index (κ2) is 7.44. The number of nitrogens with zero attached hydrogens (tertiary/aromatic N) is 1. The summed E-state index contributed by atoms with van der Waals surface area (Å²) >= 11 is 0. The standard InChI is InChI=1S/C16H18N2O6S2/c1-18(2)26(22,23)13-10-8-12(9-11-13)17-25(20,21)15-7-5-4-6-14(15)16(19)24-3/h4-11,17H,1-3H3. The van der Waals surface area contributed by atoms with E-state index in [0.717, 1.165) is 11.4 Å². The third-order valence-electron chi connectivity index (χ3n) is 3.47. The summed E-state index contributed by atoms with van der Waals surface area (Å²) in [6, 6.07) is 10.9. The molecule has 0 aliphatic heterocycles. The van der Waals surface area contributed by atoms with E-state index in [4.69, 9.17) is 0 Å². The van der Waals surface area contributed by atoms with Crippen molar-refractivity contribution in [3.8, 4) is 0 Å². The predicted octanol–water partition coefficient (Wildman–Crippen LogP) is 1.52. The quantitative estimate of drug-likeness (QED) is 0.739. The first-order chi connectivity index (χ1) is 12.1. The van der Waals surface area contributed by atoms with Crippen molar-refractivity contribution in [3.05, 3.63) is 54.1 Å². The van der Waals surface area contributed by atoms with Crippen molar-refractivity contribution in [1.82, 2.24) is 4.31 Å². The van der Waals surface area contributed by atoms with Gasteiger partial charge < -0.3 is 4.74 Å². The summed E-state index contributed by atoms with van der Waals surface area (Å²) in [6.45, 7) is 0. The van der Waals surface area contributed by atoms with Crippen molar-refractivity contribution < 1.29 is 26.4 Å². The molecule has 0 aliphatic rings. The minimum atomic E-state index is -4.07. The SMILES string of the molecule is COC(=O)c1ccccc1S(=O)(=O)Nc1ccc(S(=O)(=O)N(C)C)cc1. The first-order valence-corrected chi connectivity index (χ1v) is 10.2. The smallest absolute Gasteiger partial charge is 0.339 e. The van der Waals surface area contributed by atoms with Gasteiger partial charge in [0.15, 0.2) is 0 Å². The van der Waals surface area contributed by atoms with Crippen LogP contribution in [0.4, 0.5) is 5.69 Å². The van der Waals surface area contributed by atoms with Gasteiger partial charge in [-0.25, -0.2) is 25.9 Å². The molecule has 1 N–H and O–H groups in total. The van der Waals surface area contributed by atoms with E-state index in [1.165, 1.54) is 62.6 Å². The van der Waals surface area contributed by atoms with Crippen LogP contribution in [0.3, 0.4) is 0 Å². The van der Waals surface area contributed by atoms with Crippen LogP contribution in [0.15, 0.2) is 58.3 Å². The lowest BCUT2D eigenvalue weighted by Gasteiger charge is -2.13. The Morgan fingerprint density at radius 1 is 0.962 bits per heavy atom. The lowest BCUT2D eigenvalue weighted by atomic mass is 10.2. The highest BCUT2D eigenvalue weighted by Gasteiger charge is 2.23. The summed E-state index contributed by atoms with van der Waals surface area (Å²) in [6.07, 6.45) is 0. The highest BCUT2D eigenvalue weighted by atomic mass is 32.2. The number of methoxy groups -OCH3 is 1. The minimum absolute atomic E-state index is 0.0282. The fraction of sp³-hybridized carbons (Fsp3) is 0.188. The Balaban J connectivity index is 2.36. The molecule has 0 aromatic heterocycles. The van der Waals surface area contributed by atoms with Crippen LogP contribution in [-0.2, 0) is 24.8 Å². The van der Waals surface area contributed by atoms with Crippen molar-refractivity contribution in [2.75, 3.05) is 25.9 Å². The van der Waals surface area contributed by atoms with Crippen molar-refractivity contribution in [1.29, 1.82) is 0 Å². The molecule has 0 aliphatic carbocycles. The molecule has 140 valence electrons. The maximum Gasteiger partial charge on any atom is 0.339 e. The minimum Gasteiger partial charge on any atom is -0.465 e. The predicted molar refractivity (Wildman–Crippen MR) is 95.9 cm³/mol. The second-order valence-corrected chi connectivity index (χ2v) is 9.21. The fourth-order valence-electron chi connectivity index (χ4n) is 2.10. The van der Waals surface area contributed by atoms with E-state index >= 15 is 0 Å². The summed E-state index contributed by atoms with van der Waals surface area (Å²) in [5.74, 6) is -0.779. The molecule has 0 saturated heterocycles. The van der Waals surface area contributed by atoms with E-state index in [2.05, 4.69) is 9.46 Å². The monoisotopic (exact) mass is 398 g/mol. The molecule has 8 nitrogen and oxygen atoms in total. The molecule has 10 heteroatoms. The molecule has 2 aromatic rings. The van der Waals surface area contributed by atoms with Crippen LogP contribution in [0.25, 0.3) is 0 Å². The van der Waals surface area contributed by atoms with Crippen molar-refractivity contribution in [2.45, 2.75) is 9.79 Å². The number of ether oxygens (including phenoxy) is 1. The van der Waals surface area contributed by atoms with E-state index < -0.39 is 26.0 Å². The zero-order valence-corrected chi connectivity index (χ0v) is 16.0. The van der Waals surface area contributed by atoms with Gasteiger partial charge in [0.1, 0.15) is 4.90 Å². The van der Waals surface area contributed by atoms with Gasteiger partial charge >= 0.3 is 5.97 Å². The Hall–Kier alpha value is -2.43. The van der Waals surface area contributed by atoms with Gasteiger partial charge in [-0.15, -0.1) is 0 Å². The first-order valence-electron chi connectivity index (χ1n) is 7.32. The van der Waals surface area contributed by atoms with E-state index in [0.29, 0.717) is 0 Å². The number of rotatable bonds is 6. The number of nitrogens with one attached hydrogen (secondary N) is 1. The van der Waals surface area contributed by atoms with Gasteiger partial charge in [0.2, 0.25) is 10.0 Å². The molecule has 0 heterocycles. The van der Waals surface area contributed by atoms with Gasteiger partial charge in [0, 0.05) is 19.8 Å². The number of hydrogen-bond acceptors (Lipinski definition) is 6. The highest BCUT2D eigenvalue weighted by molar-refractivity contribution is 7.92. The summed E-state index contributed by atoms with van der Waals surface area (Å²) in [7, 11) is -3.74. The summed E-state index contributed by atoms with van der Waals surface area (Å²) in [4.78, 5) is 11.6. The maximum absolute atomic E-state index is 12.6. The van der Waals surface area contributed by atoms with Crippen LogP contribution < -0.4 is 4.72 Å². The zero-order chi connectivity index (χ0) is 19.5. The molecular formula is C16H18N2O6S2. The number of anilines is 1. The Labute approximate surface area is 152 Å². The van der Waals surface area contributed by atoms with Gasteiger partial charge in [-0.1, -0.05) is 12.1 Å². The molecule has 0 bridgehead atoms. The molecule has 0 spiro atoms. The van der Waals surface area contributed by atoms with E-state index in [-0.39, 0.29) is 21.0 Å². The fourth-order valence-corrected chi connectivity index (χ4v) is 4.25. The molecule has 0 fully saturated rings. The number of sulfonamides is 2. The third kappa shape index (κ3) is 4.03. The second-order valence-electron chi connectivity index (χ2n) is 5.41. The number of benzene rings is 2. The van der Waals surface area contributed by atoms with Crippen molar-refractivity contribution in [3.63, 3.8) is 0 Å². The molecule has 2 rings (SSSR count). The zero-order valence-electron chi connectivity index (χ0n) is 14.3. The number of hydrogen-bond donors (Lipinski definition) is 1. The molecular weight excluding hydrogens is 380 g/mol. The Bertz CT molecular complexity index is 1010. The summed E-state index contributed by atoms with van der Waals surface area (Å²) in [5, 5.41) is 0. The van der Waals surface area contributed by atoms with Crippen LogP contribution in [-0.4, -0.2) is 48.3 Å². The molecule has 0 radical (unpaired) electrons. The van der Waals surface area contributed by atoms with Gasteiger partial charge in [0.25, 0.3) is 10.0 Å². The number of esters is 1. The Kier molecular flexibility index (Phi) is 5.69. The average Bonchev–Trinajstić information content (AvgIpc) is 2.61. The van der Waals surface area contributed by atoms with Crippen LogP contribution in [0.2, 0.25) is 0 Å². The molecule has 26 heavy (non-hydrogen) atoms. The lowest BCUT2D eigenvalue weighted by molar-refractivity contribution is 0.0596. The molecule has 0 amide bonds. The summed E-state index contributed by atoms with van der Waals surface area (Å²) in [5.41, 5.74) is 0.0525. The molecule has 0 atom stereocenters. The first kappa shape index (κ1) is 19.9. The van der Waals surface area contributed by atoms with Crippen LogP contribution in [0.5, 0.6) is 0 Å². The van der Waals surface area contributed by atoms with E-state index in [1.54, 1.807) is 0 Å². The van der Waals surface area contributed by atoms with Gasteiger partial charge in [-0.05, 0) is 36.4 Å². The van der Waals surface area contributed by atoms with Crippen LogP contribution in [0.1, 0.15) is 10.4 Å². The van der Waals surface area contributed by atoms with Crippen molar-refractivity contribution >= 4 is 31.7 Å². The van der Waals surface area contributed by atoms with Gasteiger partial charge in [0.05, 0.1) is 17.6 Å². The number of carbonyl (C=O) groups is 1. The third-order valence-corrected chi connectivity index (χ3v) is 6.74. The average molecular weight is 398 g/mol. The van der Waals surface area contributed by atoms with E-state index in [1.807, 2.05) is 0 Å². The van der Waals surface area contributed by atoms with Crippen molar-refractivity contribution in [2.24, 2.45) is 0 Å². The topological polar surface area (TPSA) is 110 Å². The van der Waals surface area contributed by atoms with Gasteiger partial charge in [-0.2, -0.15) is 0 Å². The summed E-state index contributed by atoms with van der Waals surface area (Å²) < 4.78 is 57.2. The molecule has 2 aromatic carbocycles. The largest absolute Gasteiger partial charge is 0.465 e. The Morgan fingerprint density at radius 3 is 2.08 bits per heavy atom. The van der Waals surface area contributed by atoms with Gasteiger partial charge in [-0.3, -0.25) is 4.72 Å². The van der Waals surface area contributed by atoms with Crippen LogP contribution in [0, 0.1) is 0 Å². The van der Waals surface area contributed by atoms with E-state index in [9.17, 15) is 21.6 Å². The molecule has 0 unspecified atom stereocenters. The molecule has 0 saturated carbocycles. The highest BCUT2D eigenvalue weighted by Crippen LogP contribution is 2.22. The lowest BCUT2D eigenvalue weighted by Crippen LogP contribution is -2.22.